The molecule has 0 aliphatic heterocycles. The van der Waals surface area contributed by atoms with Gasteiger partial charge in [-0.25, -0.2) is 4.98 Å². The quantitative estimate of drug-likeness (QED) is 0.785. The van der Waals surface area contributed by atoms with Gasteiger partial charge in [0.25, 0.3) is 5.56 Å². The minimum atomic E-state index is -0.189. The molecule has 0 radical (unpaired) electrons. The molecule has 1 aromatic heterocycles. The zero-order valence-electron chi connectivity index (χ0n) is 11.7. The molecule has 0 amide bonds. The highest BCUT2D eigenvalue weighted by molar-refractivity contribution is 5.24. The van der Waals surface area contributed by atoms with Crippen LogP contribution in [0.1, 0.15) is 49.4 Å². The van der Waals surface area contributed by atoms with E-state index < -0.39 is 0 Å². The van der Waals surface area contributed by atoms with E-state index in [1.807, 2.05) is 6.07 Å². The van der Waals surface area contributed by atoms with Crippen LogP contribution in [0.5, 0.6) is 0 Å². The number of aromatic nitrogens is 2. The normalized spacial score (nSPS) is 37.9. The van der Waals surface area contributed by atoms with Crippen LogP contribution in [0.2, 0.25) is 0 Å². The van der Waals surface area contributed by atoms with Crippen LogP contribution in [-0.2, 0) is 7.05 Å². The highest BCUT2D eigenvalue weighted by Gasteiger charge is 2.49. The van der Waals surface area contributed by atoms with E-state index in [2.05, 4.69) is 4.98 Å². The van der Waals surface area contributed by atoms with Crippen molar-refractivity contribution in [2.45, 2.75) is 38.0 Å². The van der Waals surface area contributed by atoms with E-state index in [4.69, 9.17) is 5.26 Å². The minimum absolute atomic E-state index is 0.153. The van der Waals surface area contributed by atoms with E-state index in [9.17, 15) is 4.79 Å². The molecule has 0 atom stereocenters. The van der Waals surface area contributed by atoms with Crippen LogP contribution in [0.4, 0.5) is 0 Å². The number of hydrogen-bond acceptors (Lipinski definition) is 3. The summed E-state index contributed by atoms with van der Waals surface area (Å²) in [6.45, 7) is 0. The molecule has 104 valence electrons. The molecule has 4 aliphatic rings. The zero-order valence-corrected chi connectivity index (χ0v) is 11.7. The standard InChI is InChI=1S/C16H19N3O/c1-19-15(18-8-13(7-17)16(19)20)14-11-3-9-2-10(5-11)6-12(14)4-9/h8-12,14H,2-6H2,1H3. The van der Waals surface area contributed by atoms with Crippen molar-refractivity contribution in [1.82, 2.24) is 9.55 Å². The average molecular weight is 269 g/mol. The zero-order chi connectivity index (χ0) is 13.9. The minimum Gasteiger partial charge on any atom is -0.298 e. The Morgan fingerprint density at radius 1 is 1.20 bits per heavy atom. The lowest BCUT2D eigenvalue weighted by atomic mass is 9.51. The van der Waals surface area contributed by atoms with Crippen molar-refractivity contribution in [2.24, 2.45) is 30.7 Å². The maximum atomic E-state index is 12.2. The lowest BCUT2D eigenvalue weighted by molar-refractivity contribution is -0.00696. The fourth-order valence-corrected chi connectivity index (χ4v) is 5.29. The van der Waals surface area contributed by atoms with E-state index in [1.54, 1.807) is 11.6 Å². The van der Waals surface area contributed by atoms with Crippen LogP contribution in [0.3, 0.4) is 0 Å². The predicted octanol–water partition coefficient (Wildman–Crippen LogP) is 2.19. The Hall–Kier alpha value is -1.63. The lowest BCUT2D eigenvalue weighted by Crippen LogP contribution is -2.45. The summed E-state index contributed by atoms with van der Waals surface area (Å²) in [4.78, 5) is 16.7. The van der Waals surface area contributed by atoms with E-state index in [-0.39, 0.29) is 11.1 Å². The maximum Gasteiger partial charge on any atom is 0.271 e. The van der Waals surface area contributed by atoms with Crippen LogP contribution in [0.15, 0.2) is 11.0 Å². The van der Waals surface area contributed by atoms with E-state index in [0.717, 1.165) is 17.7 Å². The van der Waals surface area contributed by atoms with Crippen LogP contribution < -0.4 is 5.56 Å². The molecular formula is C16H19N3O. The fraction of sp³-hybridized carbons (Fsp3) is 0.688. The van der Waals surface area contributed by atoms with Gasteiger partial charge in [-0.1, -0.05) is 0 Å². The molecular weight excluding hydrogens is 250 g/mol. The summed E-state index contributed by atoms with van der Waals surface area (Å²) < 4.78 is 1.63. The second kappa shape index (κ2) is 4.18. The predicted molar refractivity (Wildman–Crippen MR) is 74.0 cm³/mol. The number of nitrogens with zero attached hydrogens (tertiary/aromatic N) is 3. The number of hydrogen-bond donors (Lipinski definition) is 0. The summed E-state index contributed by atoms with van der Waals surface area (Å²) in [7, 11) is 1.77. The molecule has 1 heterocycles. The molecule has 0 saturated heterocycles. The molecule has 0 unspecified atom stereocenters. The van der Waals surface area contributed by atoms with Gasteiger partial charge in [0.1, 0.15) is 17.5 Å². The smallest absolute Gasteiger partial charge is 0.271 e. The van der Waals surface area contributed by atoms with Gasteiger partial charge in [0.15, 0.2) is 0 Å². The van der Waals surface area contributed by atoms with Gasteiger partial charge < -0.3 is 0 Å². The van der Waals surface area contributed by atoms with Crippen LogP contribution in [0, 0.1) is 35.0 Å². The first-order valence-corrected chi connectivity index (χ1v) is 7.63. The van der Waals surface area contributed by atoms with Crippen molar-refractivity contribution in [3.63, 3.8) is 0 Å². The summed E-state index contributed by atoms with van der Waals surface area (Å²) in [6, 6.07) is 1.93. The molecule has 0 N–H and O–H groups in total. The van der Waals surface area contributed by atoms with Crippen molar-refractivity contribution in [3.05, 3.63) is 27.9 Å². The Balaban J connectivity index is 1.77. The summed E-state index contributed by atoms with van der Waals surface area (Å²) in [5, 5.41) is 8.94. The molecule has 4 fully saturated rings. The number of rotatable bonds is 1. The Labute approximate surface area is 118 Å². The third-order valence-corrected chi connectivity index (χ3v) is 5.85. The average Bonchev–Trinajstić information content (AvgIpc) is 2.42. The summed E-state index contributed by atoms with van der Waals surface area (Å²) in [6.07, 6.45) is 8.16. The van der Waals surface area contributed by atoms with Gasteiger partial charge in [-0.05, 0) is 55.8 Å². The second-order valence-electron chi connectivity index (χ2n) is 6.96. The molecule has 4 bridgehead atoms. The van der Waals surface area contributed by atoms with Gasteiger partial charge in [-0.2, -0.15) is 5.26 Å². The van der Waals surface area contributed by atoms with Crippen LogP contribution >= 0.6 is 0 Å². The van der Waals surface area contributed by atoms with E-state index >= 15 is 0 Å². The van der Waals surface area contributed by atoms with Crippen molar-refractivity contribution >= 4 is 0 Å². The van der Waals surface area contributed by atoms with Gasteiger partial charge in [-0.15, -0.1) is 0 Å². The molecule has 4 nitrogen and oxygen atoms in total. The molecule has 4 aliphatic carbocycles. The Kier molecular flexibility index (Phi) is 2.54. The van der Waals surface area contributed by atoms with Crippen molar-refractivity contribution < 1.29 is 0 Å². The van der Waals surface area contributed by atoms with Crippen LogP contribution in [-0.4, -0.2) is 9.55 Å². The second-order valence-corrected chi connectivity index (χ2v) is 6.96. The SMILES string of the molecule is Cn1c(C2C3CC4CC(C3)CC2C4)ncc(C#N)c1=O. The monoisotopic (exact) mass is 269 g/mol. The first-order chi connectivity index (χ1) is 9.67. The molecule has 0 aromatic carbocycles. The Bertz CT molecular complexity index is 627. The lowest BCUT2D eigenvalue weighted by Gasteiger charge is -2.54. The molecule has 0 spiro atoms. The molecule has 5 rings (SSSR count). The molecule has 4 saturated carbocycles. The van der Waals surface area contributed by atoms with E-state index in [0.29, 0.717) is 17.8 Å². The van der Waals surface area contributed by atoms with Gasteiger partial charge in [0.2, 0.25) is 0 Å². The Morgan fingerprint density at radius 2 is 1.80 bits per heavy atom. The van der Waals surface area contributed by atoms with Crippen molar-refractivity contribution in [2.75, 3.05) is 0 Å². The summed E-state index contributed by atoms with van der Waals surface area (Å²) in [5.74, 6) is 4.61. The molecule has 20 heavy (non-hydrogen) atoms. The van der Waals surface area contributed by atoms with E-state index in [1.165, 1.54) is 38.3 Å². The third kappa shape index (κ3) is 1.59. The van der Waals surface area contributed by atoms with Gasteiger partial charge >= 0.3 is 0 Å². The largest absolute Gasteiger partial charge is 0.298 e. The maximum absolute atomic E-state index is 12.2. The fourth-order valence-electron chi connectivity index (χ4n) is 5.29. The van der Waals surface area contributed by atoms with Crippen molar-refractivity contribution in [1.29, 1.82) is 5.26 Å². The van der Waals surface area contributed by atoms with Gasteiger partial charge in [0.05, 0.1) is 6.20 Å². The first kappa shape index (κ1) is 12.1. The van der Waals surface area contributed by atoms with Gasteiger partial charge in [0, 0.05) is 13.0 Å². The van der Waals surface area contributed by atoms with Gasteiger partial charge in [-0.3, -0.25) is 9.36 Å². The topological polar surface area (TPSA) is 58.7 Å². The van der Waals surface area contributed by atoms with Crippen LogP contribution in [0.25, 0.3) is 0 Å². The first-order valence-electron chi connectivity index (χ1n) is 7.63. The summed E-state index contributed by atoms with van der Waals surface area (Å²) in [5.41, 5.74) is -0.0358. The highest BCUT2D eigenvalue weighted by atomic mass is 16.1. The van der Waals surface area contributed by atoms with Crippen molar-refractivity contribution in [3.8, 4) is 6.07 Å². The molecule has 1 aromatic rings. The molecule has 4 heteroatoms. The third-order valence-electron chi connectivity index (χ3n) is 5.85. The summed E-state index contributed by atoms with van der Waals surface area (Å²) >= 11 is 0. The highest BCUT2D eigenvalue weighted by Crippen LogP contribution is 2.59. The Morgan fingerprint density at radius 3 is 2.35 bits per heavy atom. The number of nitriles is 1.